The molecule has 1 amide bonds. The molecule has 1 fully saturated rings. The second-order valence-corrected chi connectivity index (χ2v) is 7.09. The van der Waals surface area contributed by atoms with E-state index in [9.17, 15) is 14.9 Å². The van der Waals surface area contributed by atoms with Crippen LogP contribution in [0.25, 0.3) is 0 Å². The number of thiol groups is 1. The van der Waals surface area contributed by atoms with Crippen LogP contribution in [-0.4, -0.2) is 33.8 Å². The van der Waals surface area contributed by atoms with Crippen molar-refractivity contribution < 1.29 is 14.5 Å². The lowest BCUT2D eigenvalue weighted by Gasteiger charge is -2.24. The molecule has 0 aromatic heterocycles. The quantitative estimate of drug-likeness (QED) is 0.492. The van der Waals surface area contributed by atoms with Gasteiger partial charge in [-0.1, -0.05) is 30.3 Å². The van der Waals surface area contributed by atoms with Crippen molar-refractivity contribution in [3.05, 3.63) is 75.8 Å². The summed E-state index contributed by atoms with van der Waals surface area (Å²) < 4.78 is 5.41. The maximum Gasteiger partial charge on any atom is 0.410 e. The van der Waals surface area contributed by atoms with Crippen molar-refractivity contribution in [1.82, 2.24) is 4.90 Å². The number of nitrogens with zero attached hydrogens (tertiary/aromatic N) is 2. The second kappa shape index (κ2) is 8.23. The van der Waals surface area contributed by atoms with Crippen molar-refractivity contribution in [3.8, 4) is 0 Å². The summed E-state index contributed by atoms with van der Waals surface area (Å²) in [7, 11) is 0. The number of carbonyl (C=O) groups is 1. The van der Waals surface area contributed by atoms with Crippen LogP contribution >= 0.6 is 12.6 Å². The molecule has 0 radical (unpaired) electrons. The van der Waals surface area contributed by atoms with E-state index in [1.807, 2.05) is 30.3 Å². The van der Waals surface area contributed by atoms with Gasteiger partial charge in [-0.3, -0.25) is 10.1 Å². The first-order chi connectivity index (χ1) is 12.5. The highest BCUT2D eigenvalue weighted by Gasteiger charge is 2.34. The minimum absolute atomic E-state index is 0.0143. The molecule has 3 rings (SSSR count). The predicted molar refractivity (Wildman–Crippen MR) is 101 cm³/mol. The van der Waals surface area contributed by atoms with Gasteiger partial charge >= 0.3 is 6.09 Å². The molecule has 0 saturated carbocycles. The summed E-state index contributed by atoms with van der Waals surface area (Å²) >= 11 is 4.53. The number of hydrogen-bond acceptors (Lipinski definition) is 5. The fraction of sp³-hybridized carbons (Fsp3) is 0.316. The lowest BCUT2D eigenvalue weighted by Crippen LogP contribution is -2.37. The molecule has 7 heteroatoms. The average Bonchev–Trinajstić information content (AvgIpc) is 3.01. The third-order valence-corrected chi connectivity index (χ3v) is 4.82. The summed E-state index contributed by atoms with van der Waals surface area (Å²) in [6.45, 7) is 0.641. The van der Waals surface area contributed by atoms with Crippen molar-refractivity contribution in [3.63, 3.8) is 0 Å². The van der Waals surface area contributed by atoms with E-state index in [0.717, 1.165) is 12.8 Å². The van der Waals surface area contributed by atoms with Crippen LogP contribution in [0.4, 0.5) is 10.5 Å². The molecule has 0 N–H and O–H groups in total. The molecule has 2 unspecified atom stereocenters. The first-order valence-corrected chi connectivity index (χ1v) is 8.93. The largest absolute Gasteiger partial charge is 0.445 e. The zero-order valence-electron chi connectivity index (χ0n) is 14.2. The molecule has 136 valence electrons. The Morgan fingerprint density at radius 2 is 1.85 bits per heavy atom. The fourth-order valence-electron chi connectivity index (χ4n) is 3.14. The van der Waals surface area contributed by atoms with Crippen LogP contribution in [0.2, 0.25) is 0 Å². The SMILES string of the molecule is O=C(OCc1ccc([N+](=O)[O-])cc1)N1CC(S)CC1Cc1ccccc1. The van der Waals surface area contributed by atoms with Crippen LogP contribution in [0.15, 0.2) is 54.6 Å². The van der Waals surface area contributed by atoms with Crippen LogP contribution in [-0.2, 0) is 17.8 Å². The van der Waals surface area contributed by atoms with Gasteiger partial charge < -0.3 is 9.64 Å². The van der Waals surface area contributed by atoms with E-state index in [1.165, 1.54) is 17.7 Å². The number of carbonyl (C=O) groups excluding carboxylic acids is 1. The number of hydrogen-bond donors (Lipinski definition) is 1. The average molecular weight is 372 g/mol. The maximum atomic E-state index is 12.5. The summed E-state index contributed by atoms with van der Waals surface area (Å²) in [4.78, 5) is 24.5. The standard InChI is InChI=1S/C19H20N2O4S/c22-19(25-13-15-6-8-16(9-7-15)21(23)24)20-12-18(26)11-17(20)10-14-4-2-1-3-5-14/h1-9,17-18,26H,10-13H2. The van der Waals surface area contributed by atoms with E-state index in [4.69, 9.17) is 4.74 Å². The Morgan fingerprint density at radius 3 is 2.50 bits per heavy atom. The van der Waals surface area contributed by atoms with Crippen LogP contribution in [0.3, 0.4) is 0 Å². The van der Waals surface area contributed by atoms with Gasteiger partial charge in [0.1, 0.15) is 6.61 Å². The Morgan fingerprint density at radius 1 is 1.15 bits per heavy atom. The Balaban J connectivity index is 1.59. The molecule has 6 nitrogen and oxygen atoms in total. The summed E-state index contributed by atoms with van der Waals surface area (Å²) in [6, 6.07) is 16.1. The van der Waals surface area contributed by atoms with E-state index < -0.39 is 4.92 Å². The molecule has 2 atom stereocenters. The Bertz CT molecular complexity index is 767. The molecular weight excluding hydrogens is 352 g/mol. The molecule has 2 aromatic rings. The highest BCUT2D eigenvalue weighted by Crippen LogP contribution is 2.26. The third-order valence-electron chi connectivity index (χ3n) is 4.45. The number of nitro groups is 1. The number of ether oxygens (including phenoxy) is 1. The van der Waals surface area contributed by atoms with Gasteiger partial charge in [0.15, 0.2) is 0 Å². The van der Waals surface area contributed by atoms with Gasteiger partial charge in [-0.05, 0) is 36.1 Å². The highest BCUT2D eigenvalue weighted by atomic mass is 32.1. The molecule has 1 aliphatic heterocycles. The molecule has 0 bridgehead atoms. The summed E-state index contributed by atoms with van der Waals surface area (Å²) in [5.74, 6) is 0. The second-order valence-electron chi connectivity index (χ2n) is 6.36. The first kappa shape index (κ1) is 18.3. The minimum Gasteiger partial charge on any atom is -0.445 e. The fourth-order valence-corrected chi connectivity index (χ4v) is 3.56. The normalized spacial score (nSPS) is 19.3. The lowest BCUT2D eigenvalue weighted by molar-refractivity contribution is -0.384. The smallest absolute Gasteiger partial charge is 0.410 e. The van der Waals surface area contributed by atoms with E-state index >= 15 is 0 Å². The molecule has 2 aromatic carbocycles. The number of rotatable bonds is 5. The van der Waals surface area contributed by atoms with Gasteiger partial charge in [0, 0.05) is 30.0 Å². The van der Waals surface area contributed by atoms with Gasteiger partial charge in [0.05, 0.1) is 4.92 Å². The Labute approximate surface area is 157 Å². The molecule has 1 aliphatic rings. The number of non-ortho nitro benzene ring substituents is 1. The van der Waals surface area contributed by atoms with E-state index in [-0.39, 0.29) is 29.7 Å². The summed E-state index contributed by atoms with van der Waals surface area (Å²) in [5.41, 5.74) is 1.90. The Hall–Kier alpha value is -2.54. The van der Waals surface area contributed by atoms with Crippen LogP contribution in [0.1, 0.15) is 17.5 Å². The molecular formula is C19H20N2O4S. The molecule has 0 aliphatic carbocycles. The van der Waals surface area contributed by atoms with Crippen LogP contribution in [0.5, 0.6) is 0 Å². The van der Waals surface area contributed by atoms with Crippen LogP contribution < -0.4 is 0 Å². The van der Waals surface area contributed by atoms with E-state index in [1.54, 1.807) is 17.0 Å². The van der Waals surface area contributed by atoms with Crippen molar-refractivity contribution in [2.24, 2.45) is 0 Å². The third kappa shape index (κ3) is 4.54. The van der Waals surface area contributed by atoms with Crippen molar-refractivity contribution in [2.75, 3.05) is 6.54 Å². The van der Waals surface area contributed by atoms with E-state index in [0.29, 0.717) is 12.1 Å². The van der Waals surface area contributed by atoms with Gasteiger partial charge in [0.25, 0.3) is 5.69 Å². The van der Waals surface area contributed by atoms with Gasteiger partial charge in [-0.15, -0.1) is 0 Å². The Kier molecular flexibility index (Phi) is 5.78. The van der Waals surface area contributed by atoms with Gasteiger partial charge in [-0.2, -0.15) is 12.6 Å². The van der Waals surface area contributed by atoms with Crippen molar-refractivity contribution in [2.45, 2.75) is 30.7 Å². The number of amides is 1. The van der Waals surface area contributed by atoms with Gasteiger partial charge in [-0.25, -0.2) is 4.79 Å². The minimum atomic E-state index is -0.457. The number of nitro benzene ring substituents is 1. The lowest BCUT2D eigenvalue weighted by atomic mass is 10.0. The van der Waals surface area contributed by atoms with Crippen molar-refractivity contribution in [1.29, 1.82) is 0 Å². The zero-order valence-corrected chi connectivity index (χ0v) is 15.0. The van der Waals surface area contributed by atoms with E-state index in [2.05, 4.69) is 12.6 Å². The molecule has 1 saturated heterocycles. The van der Waals surface area contributed by atoms with Crippen molar-refractivity contribution >= 4 is 24.4 Å². The molecule has 26 heavy (non-hydrogen) atoms. The number of likely N-dealkylation sites (tertiary alicyclic amines) is 1. The summed E-state index contributed by atoms with van der Waals surface area (Å²) in [5, 5.41) is 10.8. The highest BCUT2D eigenvalue weighted by molar-refractivity contribution is 7.81. The topological polar surface area (TPSA) is 72.7 Å². The zero-order chi connectivity index (χ0) is 18.5. The summed E-state index contributed by atoms with van der Waals surface area (Å²) in [6.07, 6.45) is 1.22. The maximum absolute atomic E-state index is 12.5. The predicted octanol–water partition coefficient (Wildman–Crippen LogP) is 3.85. The van der Waals surface area contributed by atoms with Crippen LogP contribution in [0, 0.1) is 10.1 Å². The molecule has 0 spiro atoms. The molecule has 1 heterocycles. The number of benzene rings is 2. The monoisotopic (exact) mass is 372 g/mol. The van der Waals surface area contributed by atoms with Gasteiger partial charge in [0.2, 0.25) is 0 Å². The first-order valence-electron chi connectivity index (χ1n) is 8.41.